The minimum Gasteiger partial charge on any atom is -0.497 e. The Morgan fingerprint density at radius 3 is 2.82 bits per heavy atom. The number of aliphatic carboxylic acids is 1. The van der Waals surface area contributed by atoms with E-state index in [9.17, 15) is 23.8 Å². The molecule has 38 heavy (non-hydrogen) atoms. The van der Waals surface area contributed by atoms with E-state index in [0.717, 1.165) is 55.0 Å². The summed E-state index contributed by atoms with van der Waals surface area (Å²) in [6, 6.07) is 11.7. The van der Waals surface area contributed by atoms with Gasteiger partial charge in [-0.15, -0.1) is 0 Å². The number of likely N-dealkylation sites (tertiary alicyclic amines) is 1. The van der Waals surface area contributed by atoms with Crippen molar-refractivity contribution < 1.29 is 28.5 Å². The molecule has 0 saturated carbocycles. The van der Waals surface area contributed by atoms with E-state index in [2.05, 4.69) is 9.88 Å². The average molecular weight is 527 g/mol. The number of halogens is 2. The Balaban J connectivity index is 1.36. The molecule has 2 unspecified atom stereocenters. The number of methoxy groups -OCH3 is 1. The standard InChI is InChI=1S/C30H36F2N2O4/c1-38-23-9-10-27-25(18-23)24(13-15-33-27)28(35)11-7-20-14-17-34(19-22(20)8-12-29(36)37)16-3-5-21-4-2-6-26(31)30(21)32/h2,4,6,9-10,13,15,18,20,22,28,35H,3,5,7-8,11-12,14,16-17,19H2,1H3,(H,36,37)/t20?,22?,28-/m0/s1. The lowest BCUT2D eigenvalue weighted by Gasteiger charge is -2.39. The third kappa shape index (κ3) is 7.05. The first-order valence-corrected chi connectivity index (χ1v) is 13.3. The number of aliphatic hydroxyl groups is 1. The maximum absolute atomic E-state index is 14.0. The van der Waals surface area contributed by atoms with Crippen LogP contribution in [-0.4, -0.2) is 52.8 Å². The monoisotopic (exact) mass is 526 g/mol. The molecule has 4 rings (SSSR count). The fraction of sp³-hybridized carbons (Fsp3) is 0.467. The molecule has 0 amide bonds. The van der Waals surface area contributed by atoms with Crippen molar-refractivity contribution >= 4 is 16.9 Å². The van der Waals surface area contributed by atoms with E-state index in [1.807, 2.05) is 24.3 Å². The molecular formula is C30H36F2N2O4. The summed E-state index contributed by atoms with van der Waals surface area (Å²) in [4.78, 5) is 18.0. The van der Waals surface area contributed by atoms with Gasteiger partial charge in [-0.3, -0.25) is 9.78 Å². The number of aliphatic hydroxyl groups excluding tert-OH is 1. The van der Waals surface area contributed by atoms with Crippen LogP contribution in [0.5, 0.6) is 5.75 Å². The summed E-state index contributed by atoms with van der Waals surface area (Å²) in [5, 5.41) is 21.3. The molecule has 0 radical (unpaired) electrons. The molecule has 0 bridgehead atoms. The third-order valence-corrected chi connectivity index (χ3v) is 7.81. The molecule has 1 fully saturated rings. The summed E-state index contributed by atoms with van der Waals surface area (Å²) in [5.41, 5.74) is 2.00. The number of piperidine rings is 1. The fourth-order valence-electron chi connectivity index (χ4n) is 5.70. The van der Waals surface area contributed by atoms with E-state index in [0.29, 0.717) is 42.9 Å². The normalized spacial score (nSPS) is 18.9. The first kappa shape index (κ1) is 27.9. The smallest absolute Gasteiger partial charge is 0.303 e. The van der Waals surface area contributed by atoms with Gasteiger partial charge in [0.05, 0.1) is 18.7 Å². The lowest BCUT2D eigenvalue weighted by molar-refractivity contribution is -0.137. The number of rotatable bonds is 12. The van der Waals surface area contributed by atoms with Crippen LogP contribution in [0.3, 0.4) is 0 Å². The second-order valence-electron chi connectivity index (χ2n) is 10.2. The molecule has 0 aliphatic carbocycles. The average Bonchev–Trinajstić information content (AvgIpc) is 2.92. The number of aromatic nitrogens is 1. The van der Waals surface area contributed by atoms with E-state index in [1.165, 1.54) is 6.07 Å². The van der Waals surface area contributed by atoms with Crippen LogP contribution in [0.2, 0.25) is 0 Å². The van der Waals surface area contributed by atoms with Crippen molar-refractivity contribution in [1.82, 2.24) is 9.88 Å². The SMILES string of the molecule is COc1ccc2nccc([C@@H](O)CCC3CCN(CCCc4cccc(F)c4F)CC3CCC(=O)O)c2c1. The van der Waals surface area contributed by atoms with Gasteiger partial charge in [0.1, 0.15) is 5.75 Å². The molecule has 1 saturated heterocycles. The van der Waals surface area contributed by atoms with E-state index >= 15 is 0 Å². The highest BCUT2D eigenvalue weighted by molar-refractivity contribution is 5.83. The number of pyridine rings is 1. The summed E-state index contributed by atoms with van der Waals surface area (Å²) in [7, 11) is 1.61. The number of hydrogen-bond acceptors (Lipinski definition) is 5. The van der Waals surface area contributed by atoms with Crippen molar-refractivity contribution in [2.24, 2.45) is 11.8 Å². The lowest BCUT2D eigenvalue weighted by atomic mass is 9.79. The van der Waals surface area contributed by atoms with Gasteiger partial charge in [0.25, 0.3) is 0 Å². The number of hydrogen-bond donors (Lipinski definition) is 2. The van der Waals surface area contributed by atoms with Gasteiger partial charge in [-0.05, 0) is 105 Å². The second-order valence-corrected chi connectivity index (χ2v) is 10.2. The molecule has 2 heterocycles. The second kappa shape index (κ2) is 13.1. The van der Waals surface area contributed by atoms with Crippen molar-refractivity contribution in [2.45, 2.75) is 51.0 Å². The Labute approximate surface area is 222 Å². The van der Waals surface area contributed by atoms with Crippen LogP contribution in [0, 0.1) is 23.5 Å². The predicted molar refractivity (Wildman–Crippen MR) is 142 cm³/mol. The van der Waals surface area contributed by atoms with Crippen LogP contribution in [-0.2, 0) is 11.2 Å². The molecule has 0 spiro atoms. The zero-order valence-corrected chi connectivity index (χ0v) is 21.8. The maximum atomic E-state index is 14.0. The van der Waals surface area contributed by atoms with Gasteiger partial charge in [-0.1, -0.05) is 12.1 Å². The van der Waals surface area contributed by atoms with Crippen molar-refractivity contribution in [2.75, 3.05) is 26.7 Å². The lowest BCUT2D eigenvalue weighted by Crippen LogP contribution is -2.41. The largest absolute Gasteiger partial charge is 0.497 e. The fourth-order valence-corrected chi connectivity index (χ4v) is 5.70. The van der Waals surface area contributed by atoms with Crippen molar-refractivity contribution in [3.63, 3.8) is 0 Å². The summed E-state index contributed by atoms with van der Waals surface area (Å²) < 4.78 is 32.8. The van der Waals surface area contributed by atoms with Crippen LogP contribution in [0.15, 0.2) is 48.7 Å². The number of carboxylic acid groups (broad SMARTS) is 1. The van der Waals surface area contributed by atoms with Crippen molar-refractivity contribution in [3.8, 4) is 5.75 Å². The number of carbonyl (C=O) groups is 1. The quantitative estimate of drug-likeness (QED) is 0.312. The zero-order valence-electron chi connectivity index (χ0n) is 21.8. The van der Waals surface area contributed by atoms with Crippen molar-refractivity contribution in [3.05, 3.63) is 71.4 Å². The van der Waals surface area contributed by atoms with Gasteiger partial charge in [0.15, 0.2) is 11.6 Å². The van der Waals surface area contributed by atoms with Crippen LogP contribution >= 0.6 is 0 Å². The highest BCUT2D eigenvalue weighted by Gasteiger charge is 2.30. The molecule has 3 atom stereocenters. The van der Waals surface area contributed by atoms with Crippen molar-refractivity contribution in [1.29, 1.82) is 0 Å². The third-order valence-electron chi connectivity index (χ3n) is 7.81. The van der Waals surface area contributed by atoms with Crippen LogP contribution in [0.4, 0.5) is 8.78 Å². The molecule has 204 valence electrons. The van der Waals surface area contributed by atoms with Gasteiger partial charge in [-0.25, -0.2) is 8.78 Å². The molecular weight excluding hydrogens is 490 g/mol. The van der Waals surface area contributed by atoms with E-state index in [-0.39, 0.29) is 12.3 Å². The minimum absolute atomic E-state index is 0.112. The number of nitrogens with zero attached hydrogens (tertiary/aromatic N) is 2. The highest BCUT2D eigenvalue weighted by Crippen LogP contribution is 2.35. The van der Waals surface area contributed by atoms with E-state index in [1.54, 1.807) is 19.4 Å². The number of fused-ring (bicyclic) bond motifs is 1. The topological polar surface area (TPSA) is 82.9 Å². The van der Waals surface area contributed by atoms with Gasteiger partial charge >= 0.3 is 5.97 Å². The van der Waals surface area contributed by atoms with Gasteiger partial charge < -0.3 is 19.8 Å². The summed E-state index contributed by atoms with van der Waals surface area (Å²) >= 11 is 0. The number of carboxylic acids is 1. The molecule has 2 N–H and O–H groups in total. The Morgan fingerprint density at radius 2 is 2.03 bits per heavy atom. The van der Waals surface area contributed by atoms with Gasteiger partial charge in [0, 0.05) is 24.5 Å². The molecule has 8 heteroatoms. The first-order valence-electron chi connectivity index (χ1n) is 13.3. The Morgan fingerprint density at radius 1 is 1.18 bits per heavy atom. The zero-order chi connectivity index (χ0) is 27.1. The molecule has 2 aromatic carbocycles. The van der Waals surface area contributed by atoms with Crippen LogP contribution < -0.4 is 4.74 Å². The number of benzene rings is 2. The molecule has 1 aliphatic rings. The molecule has 6 nitrogen and oxygen atoms in total. The highest BCUT2D eigenvalue weighted by atomic mass is 19.2. The summed E-state index contributed by atoms with van der Waals surface area (Å²) in [6.45, 7) is 2.39. The van der Waals surface area contributed by atoms with Crippen LogP contribution in [0.1, 0.15) is 55.8 Å². The molecule has 3 aromatic rings. The molecule has 1 aliphatic heterocycles. The maximum Gasteiger partial charge on any atom is 0.303 e. The predicted octanol–water partition coefficient (Wildman–Crippen LogP) is 5.77. The van der Waals surface area contributed by atoms with E-state index in [4.69, 9.17) is 4.74 Å². The summed E-state index contributed by atoms with van der Waals surface area (Å²) in [6.07, 6.45) is 5.18. The Hall–Kier alpha value is -3.10. The van der Waals surface area contributed by atoms with Crippen LogP contribution in [0.25, 0.3) is 10.9 Å². The first-order chi connectivity index (χ1) is 18.4. The van der Waals surface area contributed by atoms with E-state index < -0.39 is 23.7 Å². The molecule has 1 aromatic heterocycles. The minimum atomic E-state index is -0.821. The van der Waals surface area contributed by atoms with Gasteiger partial charge in [-0.2, -0.15) is 0 Å². The Bertz CT molecular complexity index is 1240. The summed E-state index contributed by atoms with van der Waals surface area (Å²) in [5.74, 6) is -1.18. The number of ether oxygens (including phenoxy) is 1. The number of aryl methyl sites for hydroxylation is 1. The Kier molecular flexibility index (Phi) is 9.63. The van der Waals surface area contributed by atoms with Gasteiger partial charge in [0.2, 0.25) is 0 Å².